The molecule has 0 bridgehead atoms. The lowest BCUT2D eigenvalue weighted by Gasteiger charge is -2.17. The van der Waals surface area contributed by atoms with Crippen LogP contribution in [0.25, 0.3) is 10.9 Å². The molecule has 0 aliphatic rings. The Morgan fingerprint density at radius 3 is 2.95 bits per heavy atom. The second kappa shape index (κ2) is 7.50. The van der Waals surface area contributed by atoms with E-state index in [-0.39, 0.29) is 12.6 Å². The Kier molecular flexibility index (Phi) is 5.96. The van der Waals surface area contributed by atoms with Crippen LogP contribution < -0.4 is 5.32 Å². The topological polar surface area (TPSA) is 45.1 Å². The molecule has 2 rings (SSSR count). The lowest BCUT2D eigenvalue weighted by Crippen LogP contribution is -2.24. The van der Waals surface area contributed by atoms with Gasteiger partial charge >= 0.3 is 0 Å². The van der Waals surface area contributed by atoms with Gasteiger partial charge in [0.15, 0.2) is 0 Å². The number of nitrogens with zero attached hydrogens (tertiary/aromatic N) is 1. The maximum absolute atomic E-state index is 9.09. The minimum Gasteiger partial charge on any atom is -0.396 e. The zero-order chi connectivity index (χ0) is 14.5. The highest BCUT2D eigenvalue weighted by molar-refractivity contribution is 9.10. The number of rotatable bonds is 6. The predicted molar refractivity (Wildman–Crippen MR) is 91.9 cm³/mol. The van der Waals surface area contributed by atoms with Gasteiger partial charge in [-0.1, -0.05) is 27.5 Å². The summed E-state index contributed by atoms with van der Waals surface area (Å²) in [4.78, 5) is 4.57. The van der Waals surface area contributed by atoms with E-state index < -0.39 is 0 Å². The summed E-state index contributed by atoms with van der Waals surface area (Å²) in [6.45, 7) is 0.166. The van der Waals surface area contributed by atoms with Crippen molar-refractivity contribution >= 4 is 56.0 Å². The van der Waals surface area contributed by atoms with Crippen molar-refractivity contribution in [2.45, 2.75) is 12.5 Å². The lowest BCUT2D eigenvalue weighted by atomic mass is 10.2. The summed E-state index contributed by atoms with van der Waals surface area (Å²) in [7, 11) is 0. The molecule has 1 heterocycles. The molecule has 0 aliphatic carbocycles. The number of hydrogen-bond acceptors (Lipinski definition) is 4. The molecule has 3 nitrogen and oxygen atoms in total. The Bertz CT molecular complexity index is 591. The SMILES string of the molecule is CSCC(CCO)Nc1ccc2cc(Br)cc(Cl)c2n1. The number of halogens is 2. The van der Waals surface area contributed by atoms with Crippen molar-refractivity contribution in [1.29, 1.82) is 0 Å². The number of benzene rings is 1. The van der Waals surface area contributed by atoms with E-state index in [0.29, 0.717) is 11.4 Å². The number of hydrogen-bond donors (Lipinski definition) is 2. The van der Waals surface area contributed by atoms with Gasteiger partial charge < -0.3 is 10.4 Å². The molecule has 108 valence electrons. The van der Waals surface area contributed by atoms with Crippen LogP contribution in [0.2, 0.25) is 5.02 Å². The number of nitrogens with one attached hydrogen (secondary N) is 1. The molecule has 0 saturated heterocycles. The quantitative estimate of drug-likeness (QED) is 0.795. The number of pyridine rings is 1. The summed E-state index contributed by atoms with van der Waals surface area (Å²) in [6, 6.07) is 7.97. The maximum atomic E-state index is 9.09. The summed E-state index contributed by atoms with van der Waals surface area (Å²) in [6.07, 6.45) is 2.75. The van der Waals surface area contributed by atoms with Crippen LogP contribution in [0.15, 0.2) is 28.7 Å². The minimum atomic E-state index is 0.166. The fourth-order valence-corrected chi connectivity index (χ4v) is 3.53. The van der Waals surface area contributed by atoms with Gasteiger partial charge in [-0.15, -0.1) is 0 Å². The van der Waals surface area contributed by atoms with Crippen molar-refractivity contribution in [3.63, 3.8) is 0 Å². The van der Waals surface area contributed by atoms with Crippen LogP contribution in [0.5, 0.6) is 0 Å². The predicted octanol–water partition coefficient (Wildman–Crippen LogP) is 4.18. The number of aromatic nitrogens is 1. The Morgan fingerprint density at radius 2 is 2.25 bits per heavy atom. The smallest absolute Gasteiger partial charge is 0.126 e. The summed E-state index contributed by atoms with van der Waals surface area (Å²) in [5, 5.41) is 14.1. The van der Waals surface area contributed by atoms with Crippen molar-refractivity contribution in [2.75, 3.05) is 23.9 Å². The van der Waals surface area contributed by atoms with Crippen LogP contribution >= 0.6 is 39.3 Å². The van der Waals surface area contributed by atoms with Crippen LogP contribution in [0.3, 0.4) is 0 Å². The average Bonchev–Trinajstić information content (AvgIpc) is 2.40. The summed E-state index contributed by atoms with van der Waals surface area (Å²) in [5.74, 6) is 1.71. The van der Waals surface area contributed by atoms with Crippen molar-refractivity contribution in [3.05, 3.63) is 33.8 Å². The Labute approximate surface area is 136 Å². The lowest BCUT2D eigenvalue weighted by molar-refractivity contribution is 0.282. The molecule has 2 aromatic rings. The number of anilines is 1. The van der Waals surface area contributed by atoms with E-state index in [1.165, 1.54) is 0 Å². The third-order valence-corrected chi connectivity index (χ3v) is 4.39. The highest BCUT2D eigenvalue weighted by atomic mass is 79.9. The van der Waals surface area contributed by atoms with Gasteiger partial charge in [-0.05, 0) is 36.9 Å². The normalized spacial score (nSPS) is 12.6. The third-order valence-electron chi connectivity index (χ3n) is 2.91. The molecule has 6 heteroatoms. The molecule has 2 N–H and O–H groups in total. The fourth-order valence-electron chi connectivity index (χ4n) is 2.00. The molecule has 0 saturated carbocycles. The maximum Gasteiger partial charge on any atom is 0.126 e. The minimum absolute atomic E-state index is 0.166. The van der Waals surface area contributed by atoms with Crippen LogP contribution in [-0.2, 0) is 0 Å². The second-order valence-electron chi connectivity index (χ2n) is 4.46. The largest absolute Gasteiger partial charge is 0.396 e. The Balaban J connectivity index is 2.26. The monoisotopic (exact) mass is 374 g/mol. The van der Waals surface area contributed by atoms with Gasteiger partial charge in [0.1, 0.15) is 5.82 Å². The molecule has 0 amide bonds. The van der Waals surface area contributed by atoms with Gasteiger partial charge in [0.25, 0.3) is 0 Å². The number of fused-ring (bicyclic) bond motifs is 1. The van der Waals surface area contributed by atoms with E-state index in [1.807, 2.05) is 30.5 Å². The average molecular weight is 376 g/mol. The van der Waals surface area contributed by atoms with Crippen molar-refractivity contribution in [3.8, 4) is 0 Å². The van der Waals surface area contributed by atoms with Crippen molar-refractivity contribution < 1.29 is 5.11 Å². The van der Waals surface area contributed by atoms with E-state index >= 15 is 0 Å². The molecule has 0 spiro atoms. The van der Waals surface area contributed by atoms with Gasteiger partial charge in [-0.2, -0.15) is 11.8 Å². The van der Waals surface area contributed by atoms with Crippen LogP contribution in [0.1, 0.15) is 6.42 Å². The first-order valence-electron chi connectivity index (χ1n) is 6.26. The fraction of sp³-hybridized carbons (Fsp3) is 0.357. The van der Waals surface area contributed by atoms with Crippen molar-refractivity contribution in [1.82, 2.24) is 4.98 Å². The van der Waals surface area contributed by atoms with Gasteiger partial charge in [0.05, 0.1) is 10.5 Å². The van der Waals surface area contributed by atoms with E-state index in [2.05, 4.69) is 26.2 Å². The van der Waals surface area contributed by atoms with Crippen LogP contribution in [-0.4, -0.2) is 34.7 Å². The summed E-state index contributed by atoms with van der Waals surface area (Å²) in [5.41, 5.74) is 0.784. The van der Waals surface area contributed by atoms with Crippen molar-refractivity contribution in [2.24, 2.45) is 0 Å². The molecular weight excluding hydrogens is 360 g/mol. The second-order valence-corrected chi connectivity index (χ2v) is 6.70. The van der Waals surface area contributed by atoms with Gasteiger partial charge in [-0.3, -0.25) is 0 Å². The number of aliphatic hydroxyl groups excluding tert-OH is 1. The molecule has 1 aromatic heterocycles. The number of thioether (sulfide) groups is 1. The molecular formula is C14H16BrClN2OS. The van der Waals surface area contributed by atoms with Crippen LogP contribution in [0.4, 0.5) is 5.82 Å². The molecule has 20 heavy (non-hydrogen) atoms. The van der Waals surface area contributed by atoms with E-state index in [9.17, 15) is 0 Å². The first-order chi connectivity index (χ1) is 9.63. The summed E-state index contributed by atoms with van der Waals surface area (Å²) >= 11 is 11.4. The first kappa shape index (κ1) is 15.9. The molecule has 1 atom stereocenters. The highest BCUT2D eigenvalue weighted by Crippen LogP contribution is 2.28. The van der Waals surface area contributed by atoms with Gasteiger partial charge in [0.2, 0.25) is 0 Å². The zero-order valence-corrected chi connectivity index (χ0v) is 14.2. The highest BCUT2D eigenvalue weighted by Gasteiger charge is 2.10. The van der Waals surface area contributed by atoms with Gasteiger partial charge in [-0.25, -0.2) is 4.98 Å². The first-order valence-corrected chi connectivity index (χ1v) is 8.82. The van der Waals surface area contributed by atoms with Gasteiger partial charge in [0, 0.05) is 28.3 Å². The Morgan fingerprint density at radius 1 is 1.45 bits per heavy atom. The molecule has 0 aliphatic heterocycles. The molecule has 0 radical (unpaired) electrons. The Hall–Kier alpha value is -0.490. The van der Waals surface area contributed by atoms with E-state index in [0.717, 1.165) is 26.9 Å². The summed E-state index contributed by atoms with van der Waals surface area (Å²) < 4.78 is 0.943. The van der Waals surface area contributed by atoms with E-state index in [1.54, 1.807) is 11.8 Å². The molecule has 1 aromatic carbocycles. The molecule has 0 fully saturated rings. The van der Waals surface area contributed by atoms with E-state index in [4.69, 9.17) is 16.7 Å². The number of aliphatic hydroxyl groups is 1. The van der Waals surface area contributed by atoms with Crippen LogP contribution in [0, 0.1) is 0 Å². The third kappa shape index (κ3) is 4.01. The zero-order valence-electron chi connectivity index (χ0n) is 11.1. The molecule has 1 unspecified atom stereocenters. The standard InChI is InChI=1S/C14H16BrClN2OS/c1-20-8-11(4-5-19)17-13-3-2-9-6-10(15)7-12(16)14(9)18-13/h2-3,6-7,11,19H,4-5,8H2,1H3,(H,17,18).